The molecule has 9 nitrogen and oxygen atoms in total. The van der Waals surface area contributed by atoms with Crippen LogP contribution in [0.5, 0.6) is 0 Å². The standard InChI is InChI=1S/2C45H37F2N3.C41H29F2N3/c1-44(2,3)29-15-17-39-35(23-29)33-11-7-9-13-37(33)49(39)41-19-27(26-48)20-42(43(41)28-21-31(46)25-32(47)22-28)50-38-14-10-8-12-34(38)36-24-30(45(4,5)6)16-18-40(36)50;1-44(2,3)29-15-17-35-33-11-7-9-13-37(33)49(39(35)23-29)41-19-27(26-48)20-42(43(41)28-21-31(46)25-32(47)22-28)50-38-14-10-8-12-34(38)36-18-16-30(24-40(36)50)45(4,5)6;1-23-5-9-35-31(13-23)32-14-24(2)6-10-36(32)45(35)39-17-27(22-44)18-40(41(39)28-19-29(42)21-30(43)20-28)46-37-11-7-25(3)15-33(37)34-16-26(4)8-12-38(34)46/h2*7-25H,1-6H3;5-21H,1-4H3. The fraction of sp³-hybridized carbons (Fsp3) is 0.153. The highest BCUT2D eigenvalue weighted by atomic mass is 19.2. The molecule has 0 N–H and O–H groups in total. The molecule has 0 aliphatic rings. The Labute approximate surface area is 842 Å². The van der Waals surface area contributed by atoms with Crippen molar-refractivity contribution in [3.05, 3.63) is 430 Å². The van der Waals surface area contributed by atoms with Crippen LogP contribution in [-0.2, 0) is 21.7 Å². The largest absolute Gasteiger partial charge is 0.308 e. The second kappa shape index (κ2) is 35.1. The molecule has 6 aromatic heterocycles. The zero-order valence-corrected chi connectivity index (χ0v) is 84.0. The SMILES string of the molecule is CC(C)(C)c1ccc2c(c1)c1ccccc1n2-c1cc(C#N)cc(-n2c3ccccc3c3cc(C(C)(C)C)ccc32)c1-c1cc(F)cc(F)c1.CC(C)(C)c1ccc2c3ccccc3n(-c3cc(C#N)cc(-n4c5ccccc5c5ccc(C(C)(C)C)cc54)c3-c3cc(F)cc(F)c3)c2c1.Cc1ccc2c(c1)c1cc(C)ccc1n2-c1cc(C#N)cc(-n2c3ccc(C)cc3c3cc(C)ccc32)c1-c1cc(F)cc(F)c1. The number of fused-ring (bicyclic) bond motifs is 18. The number of nitriles is 3. The maximum Gasteiger partial charge on any atom is 0.126 e. The topological polar surface area (TPSA) is 101 Å². The van der Waals surface area contributed by atoms with E-state index in [1.807, 2.05) is 84.9 Å². The van der Waals surface area contributed by atoms with Gasteiger partial charge in [-0.2, -0.15) is 15.8 Å². The van der Waals surface area contributed by atoms with Gasteiger partial charge in [0, 0.05) is 99.5 Å². The van der Waals surface area contributed by atoms with Gasteiger partial charge in [0.15, 0.2) is 0 Å². The van der Waals surface area contributed by atoms with Crippen LogP contribution < -0.4 is 0 Å². The lowest BCUT2D eigenvalue weighted by Crippen LogP contribution is -2.11. The summed E-state index contributed by atoms with van der Waals surface area (Å²) in [6.45, 7) is 34.6. The maximum absolute atomic E-state index is 15.3. The Hall–Kier alpha value is -17.2. The van der Waals surface area contributed by atoms with Crippen LogP contribution in [0, 0.1) is 96.6 Å². The highest BCUT2D eigenvalue weighted by molar-refractivity contribution is 6.17. The van der Waals surface area contributed by atoms with E-state index in [-0.39, 0.29) is 21.7 Å². The second-order valence-electron chi connectivity index (χ2n) is 43.1. The first-order valence-electron chi connectivity index (χ1n) is 49.2. The van der Waals surface area contributed by atoms with Gasteiger partial charge in [-0.05, 0) is 270 Å². The van der Waals surface area contributed by atoms with Crippen LogP contribution in [0.3, 0.4) is 0 Å². The Morgan fingerprint density at radius 1 is 0.185 bits per heavy atom. The highest BCUT2D eigenvalue weighted by Crippen LogP contribution is 2.51. The molecule has 0 saturated heterocycles. The van der Waals surface area contributed by atoms with E-state index in [0.29, 0.717) is 84.2 Å². The molecule has 6 heterocycles. The molecule has 24 rings (SSSR count). The number of hydrogen-bond donors (Lipinski definition) is 0. The first-order chi connectivity index (χ1) is 69.9. The van der Waals surface area contributed by atoms with Crippen LogP contribution in [0.25, 0.3) is 198 Å². The summed E-state index contributed by atoms with van der Waals surface area (Å²) < 4.78 is 104. The quantitative estimate of drug-likeness (QED) is 0.135. The molecular weight excluding hydrogens is 1810 g/mol. The summed E-state index contributed by atoms with van der Waals surface area (Å²) in [7, 11) is 0. The molecule has 0 aliphatic heterocycles. The van der Waals surface area contributed by atoms with E-state index in [9.17, 15) is 15.8 Å². The smallest absolute Gasteiger partial charge is 0.126 e. The lowest BCUT2D eigenvalue weighted by molar-refractivity contribution is 0.583. The molecule has 15 heteroatoms. The van der Waals surface area contributed by atoms with Crippen LogP contribution in [0.4, 0.5) is 26.3 Å². The summed E-state index contributed by atoms with van der Waals surface area (Å²) in [5.41, 5.74) is 28.4. The van der Waals surface area contributed by atoms with Crippen molar-refractivity contribution >= 4 is 131 Å². The summed E-state index contributed by atoms with van der Waals surface area (Å²) >= 11 is 0. The van der Waals surface area contributed by atoms with Gasteiger partial charge in [-0.15, -0.1) is 0 Å². The van der Waals surface area contributed by atoms with E-state index >= 15 is 26.3 Å². The van der Waals surface area contributed by atoms with Gasteiger partial charge in [0.1, 0.15) is 34.9 Å². The summed E-state index contributed by atoms with van der Waals surface area (Å²) in [4.78, 5) is 0. The van der Waals surface area contributed by atoms with Crippen molar-refractivity contribution in [2.45, 2.75) is 132 Å². The predicted octanol–water partition coefficient (Wildman–Crippen LogP) is 35.5. The molecule has 0 amide bonds. The molecule has 0 atom stereocenters. The fourth-order valence-corrected chi connectivity index (χ4v) is 21.9. The van der Waals surface area contributed by atoms with Crippen LogP contribution in [0.15, 0.2) is 334 Å². The van der Waals surface area contributed by atoms with E-state index in [0.717, 1.165) is 182 Å². The first kappa shape index (κ1) is 93.8. The molecule has 0 fully saturated rings. The van der Waals surface area contributed by atoms with Gasteiger partial charge < -0.3 is 27.4 Å². The lowest BCUT2D eigenvalue weighted by atomic mass is 9.86. The molecule has 0 radical (unpaired) electrons. The van der Waals surface area contributed by atoms with Crippen molar-refractivity contribution in [3.63, 3.8) is 0 Å². The molecule has 0 spiro atoms. The van der Waals surface area contributed by atoms with Crippen molar-refractivity contribution in [1.82, 2.24) is 27.4 Å². The minimum Gasteiger partial charge on any atom is -0.308 e. The normalized spacial score (nSPS) is 12.2. The van der Waals surface area contributed by atoms with Crippen LogP contribution in [-0.4, -0.2) is 27.4 Å². The molecule has 0 bridgehead atoms. The van der Waals surface area contributed by atoms with Crippen LogP contribution in [0.2, 0.25) is 0 Å². The Morgan fingerprint density at radius 3 is 0.603 bits per heavy atom. The fourth-order valence-electron chi connectivity index (χ4n) is 21.9. The average molecular weight is 1920 g/mol. The van der Waals surface area contributed by atoms with Gasteiger partial charge >= 0.3 is 0 Å². The molecule has 146 heavy (non-hydrogen) atoms. The first-order valence-corrected chi connectivity index (χ1v) is 49.2. The van der Waals surface area contributed by atoms with E-state index < -0.39 is 34.9 Å². The summed E-state index contributed by atoms with van der Waals surface area (Å²) in [5, 5.41) is 44.3. The molecule has 714 valence electrons. The van der Waals surface area contributed by atoms with Gasteiger partial charge in [0.2, 0.25) is 0 Å². The van der Waals surface area contributed by atoms with E-state index in [1.54, 1.807) is 0 Å². The lowest BCUT2D eigenvalue weighted by Gasteiger charge is -2.23. The average Bonchev–Trinajstić information content (AvgIpc) is 1.52. The highest BCUT2D eigenvalue weighted by Gasteiger charge is 2.33. The second-order valence-corrected chi connectivity index (χ2v) is 43.1. The Balaban J connectivity index is 0.000000125. The molecule has 24 aromatic rings. The van der Waals surface area contributed by atoms with Crippen molar-refractivity contribution in [2.24, 2.45) is 0 Å². The third-order valence-electron chi connectivity index (χ3n) is 28.9. The number of para-hydroxylation sites is 4. The van der Waals surface area contributed by atoms with E-state index in [2.05, 4.69) is 351 Å². The van der Waals surface area contributed by atoms with Crippen molar-refractivity contribution in [3.8, 4) is 85.7 Å². The van der Waals surface area contributed by atoms with Gasteiger partial charge in [0.05, 0.1) is 135 Å². The maximum atomic E-state index is 15.3. The number of hydrogen-bond acceptors (Lipinski definition) is 3. The summed E-state index contributed by atoms with van der Waals surface area (Å²) in [6.07, 6.45) is 0. The van der Waals surface area contributed by atoms with Crippen molar-refractivity contribution in [1.29, 1.82) is 15.8 Å². The van der Waals surface area contributed by atoms with Gasteiger partial charge in [-0.3, -0.25) is 0 Å². The molecule has 0 unspecified atom stereocenters. The van der Waals surface area contributed by atoms with E-state index in [4.69, 9.17) is 0 Å². The monoisotopic (exact) mass is 1920 g/mol. The molecule has 18 aromatic carbocycles. The number of benzene rings is 18. The number of halogens is 6. The van der Waals surface area contributed by atoms with Crippen LogP contribution >= 0.6 is 0 Å². The van der Waals surface area contributed by atoms with Gasteiger partial charge in [-0.1, -0.05) is 239 Å². The number of aryl methyl sites for hydroxylation is 4. The summed E-state index contributed by atoms with van der Waals surface area (Å²) in [6, 6.07) is 113. The number of nitrogens with zero attached hydrogens (tertiary/aromatic N) is 9. The number of aromatic nitrogens is 6. The van der Waals surface area contributed by atoms with Gasteiger partial charge in [-0.25, -0.2) is 26.3 Å². The molecule has 0 saturated carbocycles. The zero-order chi connectivity index (χ0) is 102. The minimum absolute atomic E-state index is 0.0705. The zero-order valence-electron chi connectivity index (χ0n) is 84.0. The molecule has 0 aliphatic carbocycles. The predicted molar refractivity (Wildman–Crippen MR) is 589 cm³/mol. The Kier molecular flexibility index (Phi) is 22.6. The Bertz CT molecular complexity index is 9160. The number of rotatable bonds is 9. The Morgan fingerprint density at radius 2 is 0.370 bits per heavy atom. The summed E-state index contributed by atoms with van der Waals surface area (Å²) in [5.74, 6) is -4.02. The third kappa shape index (κ3) is 16.1. The molecular formula is C131H103F6N9. The van der Waals surface area contributed by atoms with E-state index in [1.165, 1.54) is 47.5 Å². The minimum atomic E-state index is -0.671. The van der Waals surface area contributed by atoms with Crippen LogP contribution in [0.1, 0.15) is 144 Å². The van der Waals surface area contributed by atoms with Crippen molar-refractivity contribution in [2.75, 3.05) is 0 Å². The van der Waals surface area contributed by atoms with Gasteiger partial charge in [0.25, 0.3) is 0 Å². The van der Waals surface area contributed by atoms with Crippen molar-refractivity contribution < 1.29 is 26.3 Å². The third-order valence-corrected chi connectivity index (χ3v) is 28.9.